The van der Waals surface area contributed by atoms with Crippen LogP contribution in [0.4, 0.5) is 4.79 Å². The number of rotatable bonds is 4. The van der Waals surface area contributed by atoms with Crippen molar-refractivity contribution in [1.29, 1.82) is 0 Å². The molecule has 1 aliphatic heterocycles. The average Bonchev–Trinajstić information content (AvgIpc) is 3.29. The molecular weight excluding hydrogens is 316 g/mol. The van der Waals surface area contributed by atoms with E-state index in [0.717, 1.165) is 29.8 Å². The molecule has 2 fully saturated rings. The molecule has 6 nitrogen and oxygen atoms in total. The summed E-state index contributed by atoms with van der Waals surface area (Å²) in [7, 11) is 0. The van der Waals surface area contributed by atoms with Crippen molar-refractivity contribution in [1.82, 2.24) is 20.8 Å². The molecule has 2 heterocycles. The zero-order valence-electron chi connectivity index (χ0n) is 14.6. The summed E-state index contributed by atoms with van der Waals surface area (Å²) in [6.07, 6.45) is 3.05. The van der Waals surface area contributed by atoms with E-state index in [2.05, 4.69) is 34.7 Å². The molecule has 2 amide bonds. The molecule has 3 atom stereocenters. The molecule has 0 radical (unpaired) electrons. The minimum Gasteiger partial charge on any atom is -0.377 e. The second-order valence-electron chi connectivity index (χ2n) is 7.54. The SMILES string of the molecule is CC1(C)[C@H](NC(=O)NCc2ccc(-c3ccn[nH]3)cc2)[C@@H]2CCO[C@@H]21. The number of benzene rings is 1. The van der Waals surface area contributed by atoms with Gasteiger partial charge >= 0.3 is 6.03 Å². The van der Waals surface area contributed by atoms with Crippen LogP contribution >= 0.6 is 0 Å². The van der Waals surface area contributed by atoms with E-state index >= 15 is 0 Å². The zero-order valence-corrected chi connectivity index (χ0v) is 14.6. The Balaban J connectivity index is 1.30. The number of hydrogen-bond acceptors (Lipinski definition) is 3. The Morgan fingerprint density at radius 3 is 2.84 bits per heavy atom. The predicted molar refractivity (Wildman–Crippen MR) is 94.8 cm³/mol. The molecule has 25 heavy (non-hydrogen) atoms. The third kappa shape index (κ3) is 2.91. The number of amides is 2. The molecule has 1 aromatic carbocycles. The third-order valence-electron chi connectivity index (χ3n) is 5.61. The van der Waals surface area contributed by atoms with Crippen molar-refractivity contribution < 1.29 is 9.53 Å². The van der Waals surface area contributed by atoms with Gasteiger partial charge in [-0.25, -0.2) is 4.79 Å². The summed E-state index contributed by atoms with van der Waals surface area (Å²) in [5.74, 6) is 0.453. The Hall–Kier alpha value is -2.34. The van der Waals surface area contributed by atoms with E-state index in [1.54, 1.807) is 6.20 Å². The van der Waals surface area contributed by atoms with Crippen LogP contribution < -0.4 is 10.6 Å². The first kappa shape index (κ1) is 16.1. The van der Waals surface area contributed by atoms with E-state index < -0.39 is 0 Å². The molecule has 3 N–H and O–H groups in total. The maximum atomic E-state index is 12.3. The summed E-state index contributed by atoms with van der Waals surface area (Å²) in [6.45, 7) is 5.64. The van der Waals surface area contributed by atoms with Gasteiger partial charge in [-0.15, -0.1) is 0 Å². The number of nitrogens with zero attached hydrogens (tertiary/aromatic N) is 1. The van der Waals surface area contributed by atoms with E-state index in [-0.39, 0.29) is 23.6 Å². The summed E-state index contributed by atoms with van der Waals surface area (Å²) < 4.78 is 5.77. The summed E-state index contributed by atoms with van der Waals surface area (Å²) in [6, 6.07) is 10.1. The Kier molecular flexibility index (Phi) is 4.00. The van der Waals surface area contributed by atoms with Crippen LogP contribution in [0, 0.1) is 11.3 Å². The fourth-order valence-corrected chi connectivity index (χ4v) is 4.21. The first-order valence-electron chi connectivity index (χ1n) is 8.80. The number of urea groups is 1. The highest BCUT2D eigenvalue weighted by atomic mass is 16.5. The lowest BCUT2D eigenvalue weighted by Gasteiger charge is -2.54. The molecule has 132 valence electrons. The molecule has 1 aromatic heterocycles. The smallest absolute Gasteiger partial charge is 0.315 e. The molecule has 0 unspecified atom stereocenters. The highest BCUT2D eigenvalue weighted by Gasteiger charge is 2.59. The van der Waals surface area contributed by atoms with Crippen molar-refractivity contribution in [2.45, 2.75) is 39.0 Å². The molecule has 4 rings (SSSR count). The number of hydrogen-bond donors (Lipinski definition) is 3. The number of carbonyl (C=O) groups is 1. The highest BCUT2D eigenvalue weighted by Crippen LogP contribution is 2.52. The summed E-state index contributed by atoms with van der Waals surface area (Å²) in [5, 5.41) is 13.0. The van der Waals surface area contributed by atoms with Crippen molar-refractivity contribution in [3.8, 4) is 11.3 Å². The van der Waals surface area contributed by atoms with Crippen LogP contribution in [-0.4, -0.2) is 35.0 Å². The van der Waals surface area contributed by atoms with Crippen LogP contribution in [0.1, 0.15) is 25.8 Å². The Morgan fingerprint density at radius 1 is 1.32 bits per heavy atom. The van der Waals surface area contributed by atoms with Gasteiger partial charge in [-0.2, -0.15) is 5.10 Å². The topological polar surface area (TPSA) is 79.0 Å². The van der Waals surface area contributed by atoms with Crippen LogP contribution in [0.2, 0.25) is 0 Å². The number of H-pyrrole nitrogens is 1. The lowest BCUT2D eigenvalue weighted by Crippen LogP contribution is -2.67. The van der Waals surface area contributed by atoms with Gasteiger partial charge in [0.2, 0.25) is 0 Å². The van der Waals surface area contributed by atoms with Crippen molar-refractivity contribution in [2.75, 3.05) is 6.61 Å². The molecule has 1 saturated heterocycles. The fourth-order valence-electron chi connectivity index (χ4n) is 4.21. The zero-order chi connectivity index (χ0) is 17.4. The first-order valence-corrected chi connectivity index (χ1v) is 8.80. The van der Waals surface area contributed by atoms with Crippen LogP contribution in [0.5, 0.6) is 0 Å². The summed E-state index contributed by atoms with van der Waals surface area (Å²) in [4.78, 5) is 12.3. The van der Waals surface area contributed by atoms with Crippen molar-refractivity contribution in [3.05, 3.63) is 42.1 Å². The number of aromatic nitrogens is 2. The lowest BCUT2D eigenvalue weighted by molar-refractivity contribution is -0.108. The van der Waals surface area contributed by atoms with E-state index in [0.29, 0.717) is 12.5 Å². The monoisotopic (exact) mass is 340 g/mol. The van der Waals surface area contributed by atoms with Crippen molar-refractivity contribution >= 4 is 6.03 Å². The predicted octanol–water partition coefficient (Wildman–Crippen LogP) is 2.69. The molecule has 6 heteroatoms. The third-order valence-corrected chi connectivity index (χ3v) is 5.61. The van der Waals surface area contributed by atoms with Gasteiger partial charge in [-0.3, -0.25) is 5.10 Å². The van der Waals surface area contributed by atoms with E-state index in [9.17, 15) is 4.79 Å². The van der Waals surface area contributed by atoms with Crippen molar-refractivity contribution in [2.24, 2.45) is 11.3 Å². The lowest BCUT2D eigenvalue weighted by atomic mass is 9.57. The molecule has 1 aliphatic carbocycles. The minimum atomic E-state index is -0.110. The maximum absolute atomic E-state index is 12.3. The maximum Gasteiger partial charge on any atom is 0.315 e. The summed E-state index contributed by atoms with van der Waals surface area (Å²) in [5.41, 5.74) is 3.13. The van der Waals surface area contributed by atoms with E-state index in [1.165, 1.54) is 0 Å². The van der Waals surface area contributed by atoms with Gasteiger partial charge in [0.25, 0.3) is 0 Å². The Bertz CT molecular complexity index is 739. The Morgan fingerprint density at radius 2 is 2.12 bits per heavy atom. The van der Waals surface area contributed by atoms with E-state index in [4.69, 9.17) is 4.74 Å². The van der Waals surface area contributed by atoms with Crippen molar-refractivity contribution in [3.63, 3.8) is 0 Å². The van der Waals surface area contributed by atoms with Gasteiger partial charge in [0.05, 0.1) is 11.8 Å². The van der Waals surface area contributed by atoms with Gasteiger partial charge in [0.15, 0.2) is 0 Å². The normalized spacial score (nSPS) is 26.6. The number of nitrogens with one attached hydrogen (secondary N) is 3. The quantitative estimate of drug-likeness (QED) is 0.801. The molecule has 1 saturated carbocycles. The molecule has 2 aliphatic rings. The van der Waals surface area contributed by atoms with Crippen LogP contribution in [0.15, 0.2) is 36.5 Å². The van der Waals surface area contributed by atoms with E-state index in [1.807, 2.05) is 30.3 Å². The number of ether oxygens (including phenoxy) is 1. The fraction of sp³-hybridized carbons (Fsp3) is 0.474. The number of fused-ring (bicyclic) bond motifs is 1. The van der Waals surface area contributed by atoms with Crippen LogP contribution in [0.25, 0.3) is 11.3 Å². The molecule has 0 bridgehead atoms. The second kappa shape index (κ2) is 6.19. The molecule has 2 aromatic rings. The van der Waals surface area contributed by atoms with Gasteiger partial charge in [0.1, 0.15) is 0 Å². The molecular formula is C19H24N4O2. The summed E-state index contributed by atoms with van der Waals surface area (Å²) >= 11 is 0. The highest BCUT2D eigenvalue weighted by molar-refractivity contribution is 5.74. The van der Waals surface area contributed by atoms with Gasteiger partial charge < -0.3 is 15.4 Å². The first-order chi connectivity index (χ1) is 12.1. The van der Waals surface area contributed by atoms with Crippen LogP contribution in [0.3, 0.4) is 0 Å². The average molecular weight is 340 g/mol. The molecule has 0 spiro atoms. The Labute approximate surface area is 147 Å². The van der Waals surface area contributed by atoms with Gasteiger partial charge in [-0.05, 0) is 23.6 Å². The largest absolute Gasteiger partial charge is 0.377 e. The minimum absolute atomic E-state index is 0.00420. The standard InChI is InChI=1S/C19H24N4O2/c1-19(2)16(14-8-10-25-17(14)19)22-18(24)20-11-12-3-5-13(6-4-12)15-7-9-21-23-15/h3-7,9,14,16-17H,8,10-11H2,1-2H3,(H,21,23)(H2,20,22,24)/t14-,16+,17-/m0/s1. The number of aromatic amines is 1. The van der Waals surface area contributed by atoms with Crippen LogP contribution in [-0.2, 0) is 11.3 Å². The second-order valence-corrected chi connectivity index (χ2v) is 7.54. The number of carbonyl (C=O) groups excluding carboxylic acids is 1. The van der Waals surface area contributed by atoms with Gasteiger partial charge in [0, 0.05) is 36.7 Å². The van der Waals surface area contributed by atoms with Gasteiger partial charge in [-0.1, -0.05) is 38.1 Å².